The number of carbonyl (C=O) groups is 2. The fraction of sp³-hybridized carbons (Fsp3) is 0.500. The first-order valence-corrected chi connectivity index (χ1v) is 9.96. The maximum atomic E-state index is 12.4. The van der Waals surface area contributed by atoms with Crippen molar-refractivity contribution in [2.24, 2.45) is 5.41 Å². The van der Waals surface area contributed by atoms with Gasteiger partial charge in [0.15, 0.2) is 0 Å². The number of halogens is 3. The molecule has 2 aliphatic rings. The number of thiazole rings is 1. The third kappa shape index (κ3) is 5.23. The van der Waals surface area contributed by atoms with Crippen LogP contribution in [0.15, 0.2) is 24.0 Å². The molecule has 12 heteroatoms. The maximum Gasteiger partial charge on any atom is 0.490 e. The number of amides is 1. The molecule has 0 saturated carbocycles. The number of hydrogen-bond acceptors (Lipinski definition) is 7. The monoisotopic (exact) mass is 443 g/mol. The van der Waals surface area contributed by atoms with Gasteiger partial charge in [-0.1, -0.05) is 0 Å². The summed E-state index contributed by atoms with van der Waals surface area (Å²) in [7, 11) is 0. The SMILES string of the molecule is Cc1nc(CN2CC3(CCN(c4cnccn4)C3)CC2=O)cs1.O=C(O)C(F)(F)F. The maximum absolute atomic E-state index is 12.4. The van der Waals surface area contributed by atoms with E-state index in [0.717, 1.165) is 42.6 Å². The molecule has 4 heterocycles. The molecule has 1 N–H and O–H groups in total. The highest BCUT2D eigenvalue weighted by molar-refractivity contribution is 7.09. The summed E-state index contributed by atoms with van der Waals surface area (Å²) in [6.45, 7) is 5.27. The number of aliphatic carboxylic acids is 1. The van der Waals surface area contributed by atoms with Crippen molar-refractivity contribution in [1.29, 1.82) is 0 Å². The molecular formula is C18H20F3N5O3S. The Morgan fingerprint density at radius 1 is 1.33 bits per heavy atom. The average Bonchev–Trinajstić information content (AvgIpc) is 3.36. The Balaban J connectivity index is 0.000000318. The third-order valence-electron chi connectivity index (χ3n) is 4.98. The molecule has 30 heavy (non-hydrogen) atoms. The molecular weight excluding hydrogens is 423 g/mol. The van der Waals surface area contributed by atoms with E-state index in [4.69, 9.17) is 9.90 Å². The van der Waals surface area contributed by atoms with Crippen molar-refractivity contribution in [2.75, 3.05) is 24.5 Å². The summed E-state index contributed by atoms with van der Waals surface area (Å²) < 4.78 is 31.7. The molecule has 0 aliphatic carbocycles. The second kappa shape index (κ2) is 8.54. The number of anilines is 1. The molecule has 1 amide bonds. The first-order valence-electron chi connectivity index (χ1n) is 9.08. The van der Waals surface area contributed by atoms with Crippen LogP contribution in [0.3, 0.4) is 0 Å². The van der Waals surface area contributed by atoms with Crippen molar-refractivity contribution in [3.8, 4) is 0 Å². The zero-order chi connectivity index (χ0) is 21.9. The molecule has 2 saturated heterocycles. The highest BCUT2D eigenvalue weighted by atomic mass is 32.1. The van der Waals surface area contributed by atoms with Crippen LogP contribution in [0.4, 0.5) is 19.0 Å². The van der Waals surface area contributed by atoms with Gasteiger partial charge in [-0.25, -0.2) is 14.8 Å². The second-order valence-corrected chi connectivity index (χ2v) is 8.38. The lowest BCUT2D eigenvalue weighted by atomic mass is 9.86. The van der Waals surface area contributed by atoms with Crippen molar-refractivity contribution < 1.29 is 27.9 Å². The number of carboxylic acids is 1. The fourth-order valence-corrected chi connectivity index (χ4v) is 4.26. The summed E-state index contributed by atoms with van der Waals surface area (Å²) in [5, 5.41) is 10.2. The summed E-state index contributed by atoms with van der Waals surface area (Å²) in [5.74, 6) is -1.60. The Morgan fingerprint density at radius 3 is 2.63 bits per heavy atom. The standard InChI is InChI=1S/C16H19N5OS.C2HF3O2/c1-12-19-13(9-23-12)8-21-11-16(6-15(21)22)2-5-20(10-16)14-7-17-3-4-18-14;3-2(4,5)1(6)7/h3-4,7,9H,2,5-6,8,10-11H2,1H3;(H,6,7). The molecule has 1 atom stereocenters. The molecule has 1 unspecified atom stereocenters. The highest BCUT2D eigenvalue weighted by Crippen LogP contribution is 2.41. The number of aryl methyl sites for hydroxylation is 1. The van der Waals surface area contributed by atoms with Crippen LogP contribution in [0.5, 0.6) is 0 Å². The predicted molar refractivity (Wildman–Crippen MR) is 102 cm³/mol. The lowest BCUT2D eigenvalue weighted by Crippen LogP contribution is -2.31. The Kier molecular flexibility index (Phi) is 6.25. The highest BCUT2D eigenvalue weighted by Gasteiger charge is 2.47. The number of rotatable bonds is 3. The quantitative estimate of drug-likeness (QED) is 0.778. The number of nitrogens with zero attached hydrogens (tertiary/aromatic N) is 5. The lowest BCUT2D eigenvalue weighted by molar-refractivity contribution is -0.192. The van der Waals surface area contributed by atoms with Gasteiger partial charge in [0.05, 0.1) is 23.4 Å². The molecule has 4 rings (SSSR count). The van der Waals surface area contributed by atoms with E-state index in [-0.39, 0.29) is 11.3 Å². The van der Waals surface area contributed by atoms with Gasteiger partial charge < -0.3 is 14.9 Å². The average molecular weight is 443 g/mol. The first kappa shape index (κ1) is 21.9. The number of carbonyl (C=O) groups excluding carboxylic acids is 1. The van der Waals surface area contributed by atoms with Crippen molar-refractivity contribution in [1.82, 2.24) is 19.9 Å². The van der Waals surface area contributed by atoms with E-state index in [1.165, 1.54) is 0 Å². The minimum Gasteiger partial charge on any atom is -0.475 e. The minimum atomic E-state index is -5.08. The zero-order valence-corrected chi connectivity index (χ0v) is 16.9. The van der Waals surface area contributed by atoms with Crippen LogP contribution in [0, 0.1) is 12.3 Å². The summed E-state index contributed by atoms with van der Waals surface area (Å²) in [6.07, 6.45) is 1.78. The molecule has 2 aromatic rings. The zero-order valence-electron chi connectivity index (χ0n) is 16.1. The van der Waals surface area contributed by atoms with Crippen LogP contribution in [0.25, 0.3) is 0 Å². The van der Waals surface area contributed by atoms with E-state index in [2.05, 4.69) is 19.9 Å². The van der Waals surface area contributed by atoms with E-state index in [9.17, 15) is 18.0 Å². The summed E-state index contributed by atoms with van der Waals surface area (Å²) in [4.78, 5) is 38.6. The van der Waals surface area contributed by atoms with Gasteiger partial charge in [0, 0.05) is 49.2 Å². The van der Waals surface area contributed by atoms with Crippen molar-refractivity contribution in [3.63, 3.8) is 0 Å². The van der Waals surface area contributed by atoms with E-state index < -0.39 is 12.1 Å². The number of carboxylic acid groups (broad SMARTS) is 1. The summed E-state index contributed by atoms with van der Waals surface area (Å²) >= 11 is 1.64. The number of hydrogen-bond donors (Lipinski definition) is 1. The Labute approximate surface area is 174 Å². The molecule has 2 fully saturated rings. The summed E-state index contributed by atoms with van der Waals surface area (Å²) in [6, 6.07) is 0. The van der Waals surface area contributed by atoms with Crippen LogP contribution in [0.1, 0.15) is 23.5 Å². The number of likely N-dealkylation sites (tertiary alicyclic amines) is 1. The molecule has 1 spiro atoms. The van der Waals surface area contributed by atoms with Crippen LogP contribution < -0.4 is 4.90 Å². The van der Waals surface area contributed by atoms with Gasteiger partial charge in [-0.05, 0) is 13.3 Å². The van der Waals surface area contributed by atoms with Gasteiger partial charge in [-0.15, -0.1) is 11.3 Å². The lowest BCUT2D eigenvalue weighted by Gasteiger charge is -2.24. The molecule has 0 aromatic carbocycles. The molecule has 2 aliphatic heterocycles. The van der Waals surface area contributed by atoms with Gasteiger partial charge in [0.25, 0.3) is 0 Å². The molecule has 8 nitrogen and oxygen atoms in total. The van der Waals surface area contributed by atoms with Crippen LogP contribution in [-0.2, 0) is 16.1 Å². The van der Waals surface area contributed by atoms with E-state index in [0.29, 0.717) is 13.0 Å². The minimum absolute atomic E-state index is 0.0552. The Morgan fingerprint density at radius 2 is 2.07 bits per heavy atom. The van der Waals surface area contributed by atoms with E-state index >= 15 is 0 Å². The van der Waals surface area contributed by atoms with Gasteiger partial charge >= 0.3 is 12.1 Å². The number of aromatic nitrogens is 3. The van der Waals surface area contributed by atoms with E-state index in [1.807, 2.05) is 17.2 Å². The van der Waals surface area contributed by atoms with Crippen LogP contribution >= 0.6 is 11.3 Å². The van der Waals surface area contributed by atoms with Gasteiger partial charge in [0.2, 0.25) is 5.91 Å². The molecule has 0 radical (unpaired) electrons. The topological polar surface area (TPSA) is 99.5 Å². The Bertz CT molecular complexity index is 908. The largest absolute Gasteiger partial charge is 0.490 e. The smallest absolute Gasteiger partial charge is 0.475 e. The normalized spacial score (nSPS) is 21.1. The van der Waals surface area contributed by atoms with Crippen molar-refractivity contribution in [2.45, 2.75) is 32.5 Å². The summed E-state index contributed by atoms with van der Waals surface area (Å²) in [5.41, 5.74) is 1.06. The van der Waals surface area contributed by atoms with Crippen molar-refractivity contribution in [3.05, 3.63) is 34.7 Å². The van der Waals surface area contributed by atoms with Gasteiger partial charge in [-0.2, -0.15) is 13.2 Å². The fourth-order valence-electron chi connectivity index (χ4n) is 3.66. The third-order valence-corrected chi connectivity index (χ3v) is 5.80. The molecule has 0 bridgehead atoms. The van der Waals surface area contributed by atoms with E-state index in [1.54, 1.807) is 29.9 Å². The second-order valence-electron chi connectivity index (χ2n) is 7.32. The molecule has 162 valence electrons. The molecule has 2 aromatic heterocycles. The predicted octanol–water partition coefficient (Wildman–Crippen LogP) is 2.50. The number of alkyl halides is 3. The first-order chi connectivity index (χ1) is 14.1. The van der Waals surface area contributed by atoms with Gasteiger partial charge in [-0.3, -0.25) is 9.78 Å². The van der Waals surface area contributed by atoms with Crippen LogP contribution in [-0.4, -0.2) is 62.6 Å². The Hall–Kier alpha value is -2.76. The van der Waals surface area contributed by atoms with Crippen LogP contribution in [0.2, 0.25) is 0 Å². The van der Waals surface area contributed by atoms with Gasteiger partial charge in [0.1, 0.15) is 5.82 Å². The van der Waals surface area contributed by atoms with Crippen molar-refractivity contribution >= 4 is 29.0 Å².